The first-order chi connectivity index (χ1) is 17.9. The number of aliphatic hydroxyl groups is 1. The average Bonchev–Trinajstić information content (AvgIpc) is 3.21. The predicted molar refractivity (Wildman–Crippen MR) is 162 cm³/mol. The van der Waals surface area contributed by atoms with Gasteiger partial charge in [-0.25, -0.2) is 0 Å². The first kappa shape index (κ1) is 30.8. The number of rotatable bonds is 5. The molecule has 1 N–H and O–H groups in total. The molecular formula is C33H36GeIrNO3-. The molecule has 0 aliphatic rings. The summed E-state index contributed by atoms with van der Waals surface area (Å²) in [6, 6.07) is 23.2. The van der Waals surface area contributed by atoms with Crippen LogP contribution < -0.4 is 4.40 Å². The first-order valence-corrected chi connectivity index (χ1v) is 20.4. The van der Waals surface area contributed by atoms with Gasteiger partial charge in [0.15, 0.2) is 5.78 Å². The largest absolute Gasteiger partial charge is 0 e. The summed E-state index contributed by atoms with van der Waals surface area (Å²) in [7, 11) is 0. The van der Waals surface area contributed by atoms with Crippen molar-refractivity contribution in [2.24, 2.45) is 5.92 Å². The van der Waals surface area contributed by atoms with Crippen LogP contribution in [0.2, 0.25) is 17.3 Å². The maximum absolute atomic E-state index is 10.0. The molecule has 3 aromatic carbocycles. The summed E-state index contributed by atoms with van der Waals surface area (Å²) < 4.78 is 7.87. The molecule has 0 saturated carbocycles. The van der Waals surface area contributed by atoms with E-state index < -0.39 is 13.3 Å². The number of hydrogen-bond donors (Lipinski definition) is 1. The number of furan rings is 1. The summed E-state index contributed by atoms with van der Waals surface area (Å²) in [5.41, 5.74) is 5.02. The predicted octanol–water partition coefficient (Wildman–Crippen LogP) is 8.38. The van der Waals surface area contributed by atoms with Crippen LogP contribution in [0.25, 0.3) is 44.0 Å². The number of aliphatic hydroxyl groups excluding tert-OH is 1. The van der Waals surface area contributed by atoms with Crippen molar-refractivity contribution in [1.82, 2.24) is 4.98 Å². The molecule has 5 rings (SSSR count). The van der Waals surface area contributed by atoms with Gasteiger partial charge in [-0.05, 0) is 13.8 Å². The van der Waals surface area contributed by atoms with Gasteiger partial charge in [0.2, 0.25) is 0 Å². The summed E-state index contributed by atoms with van der Waals surface area (Å²) in [6.45, 7) is 7.38. The van der Waals surface area contributed by atoms with Crippen LogP contribution in [-0.4, -0.2) is 29.1 Å². The Bertz CT molecular complexity index is 1660. The summed E-state index contributed by atoms with van der Waals surface area (Å²) in [5.74, 6) is 7.80. The van der Waals surface area contributed by atoms with Crippen molar-refractivity contribution in [3.8, 4) is 11.3 Å². The fourth-order valence-electron chi connectivity index (χ4n) is 4.70. The second kappa shape index (κ2) is 12.6. The van der Waals surface area contributed by atoms with E-state index in [1.807, 2.05) is 6.20 Å². The average molecular weight is 759 g/mol. The molecule has 4 nitrogen and oxygen atoms in total. The molecule has 0 bridgehead atoms. The molecule has 5 aromatic rings. The maximum atomic E-state index is 10.0. The zero-order valence-corrected chi connectivity index (χ0v) is 28.2. The van der Waals surface area contributed by atoms with Crippen LogP contribution in [0.1, 0.15) is 33.3 Å². The monoisotopic (exact) mass is 761 g/mol. The van der Waals surface area contributed by atoms with Crippen molar-refractivity contribution in [1.29, 1.82) is 0 Å². The van der Waals surface area contributed by atoms with Gasteiger partial charge in [-0.2, -0.15) is 0 Å². The number of carbonyl (C=O) groups excluding carboxylic acids is 1. The zero-order valence-electron chi connectivity index (χ0n) is 23.7. The molecule has 39 heavy (non-hydrogen) atoms. The summed E-state index contributed by atoms with van der Waals surface area (Å²) in [6.07, 6.45) is 4.10. The van der Waals surface area contributed by atoms with Crippen LogP contribution in [-0.2, 0) is 31.3 Å². The first-order valence-electron chi connectivity index (χ1n) is 13.1. The van der Waals surface area contributed by atoms with E-state index in [0.29, 0.717) is 5.92 Å². The molecule has 0 spiro atoms. The fourth-order valence-corrected chi connectivity index (χ4v) is 7.13. The van der Waals surface area contributed by atoms with Gasteiger partial charge >= 0.3 is 187 Å². The zero-order chi connectivity index (χ0) is 27.6. The molecule has 0 unspecified atom stereocenters. The number of pyridine rings is 1. The van der Waals surface area contributed by atoms with Gasteiger partial charge in [0, 0.05) is 26.2 Å². The van der Waals surface area contributed by atoms with Crippen molar-refractivity contribution >= 4 is 56.2 Å². The second-order valence-corrected chi connectivity index (χ2v) is 22.0. The third kappa shape index (κ3) is 7.27. The topological polar surface area (TPSA) is 63.3 Å². The molecule has 205 valence electrons. The SMILES string of the molecule is CC(=O)/C=C(/C)O.CC(C)Cc1cc(-c2nccc3c2oc2cc[c]([Ge]([CH3])([CH3])[CH3])cc23)[c-]c2ccccc12.[Ir]. The number of ketones is 1. The Balaban J connectivity index is 0.000000468. The molecule has 0 aliphatic carbocycles. The maximum Gasteiger partial charge on any atom is 0 e. The molecular weight excluding hydrogens is 723 g/mol. The third-order valence-electron chi connectivity index (χ3n) is 6.41. The summed E-state index contributed by atoms with van der Waals surface area (Å²) >= 11 is -1.93. The van der Waals surface area contributed by atoms with E-state index in [1.54, 1.807) is 0 Å². The Morgan fingerprint density at radius 3 is 2.36 bits per heavy atom. The van der Waals surface area contributed by atoms with E-state index in [0.717, 1.165) is 39.6 Å². The summed E-state index contributed by atoms with van der Waals surface area (Å²) in [5, 5.41) is 13.1. The third-order valence-corrected chi connectivity index (χ3v) is 10.7. The molecule has 0 amide bonds. The van der Waals surface area contributed by atoms with Gasteiger partial charge in [0.25, 0.3) is 0 Å². The normalized spacial score (nSPS) is 11.9. The van der Waals surface area contributed by atoms with E-state index in [9.17, 15) is 4.79 Å². The van der Waals surface area contributed by atoms with E-state index in [1.165, 1.54) is 40.7 Å². The van der Waals surface area contributed by atoms with E-state index in [-0.39, 0.29) is 31.6 Å². The quantitative estimate of drug-likeness (QED) is 0.0847. The molecule has 6 heteroatoms. The second-order valence-electron chi connectivity index (χ2n) is 11.3. The Morgan fingerprint density at radius 2 is 1.74 bits per heavy atom. The minimum absolute atomic E-state index is 0. The number of benzene rings is 3. The van der Waals surface area contributed by atoms with Crippen LogP contribution in [0.3, 0.4) is 0 Å². The van der Waals surface area contributed by atoms with Crippen LogP contribution in [0.15, 0.2) is 77.0 Å². The number of nitrogens with zero attached hydrogens (tertiary/aromatic N) is 1. The Morgan fingerprint density at radius 1 is 1.03 bits per heavy atom. The van der Waals surface area contributed by atoms with Gasteiger partial charge in [-0.15, -0.1) is 0 Å². The Kier molecular flexibility index (Phi) is 9.98. The van der Waals surface area contributed by atoms with Crippen molar-refractivity contribution in [2.75, 3.05) is 0 Å². The molecule has 0 aliphatic heterocycles. The molecule has 1 radical (unpaired) electrons. The van der Waals surface area contributed by atoms with E-state index >= 15 is 0 Å². The smallest absolute Gasteiger partial charge is 0 e. The molecule has 0 fully saturated rings. The van der Waals surface area contributed by atoms with Gasteiger partial charge in [-0.3, -0.25) is 4.79 Å². The number of carbonyl (C=O) groups is 1. The van der Waals surface area contributed by atoms with E-state index in [4.69, 9.17) is 14.5 Å². The summed E-state index contributed by atoms with van der Waals surface area (Å²) in [4.78, 5) is 14.8. The van der Waals surface area contributed by atoms with Gasteiger partial charge < -0.3 is 5.11 Å². The minimum atomic E-state index is -1.93. The minimum Gasteiger partial charge on any atom is 0 e. The fraction of sp³-hybridized carbons (Fsp3) is 0.273. The molecule has 2 heterocycles. The van der Waals surface area contributed by atoms with Gasteiger partial charge in [0.1, 0.15) is 0 Å². The van der Waals surface area contributed by atoms with Crippen molar-refractivity contribution < 1.29 is 34.4 Å². The van der Waals surface area contributed by atoms with Gasteiger partial charge in [0.05, 0.1) is 5.76 Å². The van der Waals surface area contributed by atoms with Crippen LogP contribution in [0, 0.1) is 12.0 Å². The standard InChI is InChI=1S/C28H28GeNO.C5H8O2.Ir/c1-18(2)14-20-16-21(15-19-8-6-7-9-23(19)20)27-28-24(12-13-30-27)25-17-22(29(3,4)5)10-11-26(25)31-28;1-4(6)3-5(2)7;/h6-13,16-18H,14H2,1-5H3;3,6H,1-2H3;/q-1;;/b;4-3-;. The van der Waals surface area contributed by atoms with Crippen molar-refractivity contribution in [2.45, 2.75) is 51.4 Å². The van der Waals surface area contributed by atoms with Gasteiger partial charge in [-0.1, -0.05) is 0 Å². The van der Waals surface area contributed by atoms with Crippen LogP contribution >= 0.6 is 0 Å². The Hall–Kier alpha value is -2.73. The molecule has 0 saturated heterocycles. The van der Waals surface area contributed by atoms with Crippen molar-refractivity contribution in [3.05, 3.63) is 84.3 Å². The van der Waals surface area contributed by atoms with Crippen LogP contribution in [0.4, 0.5) is 0 Å². The number of aromatic nitrogens is 1. The van der Waals surface area contributed by atoms with Crippen LogP contribution in [0.5, 0.6) is 0 Å². The number of hydrogen-bond acceptors (Lipinski definition) is 4. The molecule has 2 aromatic heterocycles. The van der Waals surface area contributed by atoms with E-state index in [2.05, 4.69) is 91.8 Å². The number of fused-ring (bicyclic) bond motifs is 4. The van der Waals surface area contributed by atoms with Crippen molar-refractivity contribution in [3.63, 3.8) is 0 Å². The Labute approximate surface area is 247 Å². The molecule has 0 atom stereocenters. The number of allylic oxidation sites excluding steroid dienone is 2.